The SMILES string of the molecule is CC(=O)Nc1ccccc1OCc1cccc(O)c1. The summed E-state index contributed by atoms with van der Waals surface area (Å²) < 4.78 is 5.65. The van der Waals surface area contributed by atoms with Crippen LogP contribution in [-0.2, 0) is 11.4 Å². The molecule has 0 saturated heterocycles. The number of benzene rings is 2. The molecule has 2 aromatic rings. The van der Waals surface area contributed by atoms with Crippen LogP contribution in [-0.4, -0.2) is 11.0 Å². The van der Waals surface area contributed by atoms with Crippen molar-refractivity contribution in [2.24, 2.45) is 0 Å². The summed E-state index contributed by atoms with van der Waals surface area (Å²) in [7, 11) is 0. The quantitative estimate of drug-likeness (QED) is 0.885. The van der Waals surface area contributed by atoms with Crippen molar-refractivity contribution < 1.29 is 14.6 Å². The van der Waals surface area contributed by atoms with E-state index in [1.54, 1.807) is 30.3 Å². The van der Waals surface area contributed by atoms with Crippen molar-refractivity contribution in [2.45, 2.75) is 13.5 Å². The Hall–Kier alpha value is -2.49. The molecule has 4 heteroatoms. The van der Waals surface area contributed by atoms with Crippen LogP contribution in [0.3, 0.4) is 0 Å². The molecule has 4 nitrogen and oxygen atoms in total. The molecule has 98 valence electrons. The first-order chi connectivity index (χ1) is 9.15. The average molecular weight is 257 g/mol. The number of carbonyl (C=O) groups is 1. The molecule has 0 fully saturated rings. The molecular weight excluding hydrogens is 242 g/mol. The third kappa shape index (κ3) is 3.74. The molecule has 0 heterocycles. The number of anilines is 1. The normalized spacial score (nSPS) is 9.95. The van der Waals surface area contributed by atoms with Gasteiger partial charge in [-0.15, -0.1) is 0 Å². The van der Waals surface area contributed by atoms with E-state index in [0.717, 1.165) is 5.56 Å². The molecule has 0 aliphatic carbocycles. The van der Waals surface area contributed by atoms with Crippen LogP contribution in [0.2, 0.25) is 0 Å². The molecule has 1 amide bonds. The molecule has 0 bridgehead atoms. The van der Waals surface area contributed by atoms with E-state index in [1.807, 2.05) is 18.2 Å². The topological polar surface area (TPSA) is 58.6 Å². The highest BCUT2D eigenvalue weighted by molar-refractivity contribution is 5.90. The maximum Gasteiger partial charge on any atom is 0.221 e. The Morgan fingerprint density at radius 1 is 1.21 bits per heavy atom. The molecule has 19 heavy (non-hydrogen) atoms. The zero-order valence-electron chi connectivity index (χ0n) is 10.6. The lowest BCUT2D eigenvalue weighted by atomic mass is 10.2. The highest BCUT2D eigenvalue weighted by atomic mass is 16.5. The van der Waals surface area contributed by atoms with E-state index in [1.165, 1.54) is 6.92 Å². The van der Waals surface area contributed by atoms with Crippen molar-refractivity contribution in [3.63, 3.8) is 0 Å². The highest BCUT2D eigenvalue weighted by Gasteiger charge is 2.04. The standard InChI is InChI=1S/C15H15NO3/c1-11(17)16-14-7-2-3-8-15(14)19-10-12-5-4-6-13(18)9-12/h2-9,18H,10H2,1H3,(H,16,17). The maximum atomic E-state index is 11.1. The lowest BCUT2D eigenvalue weighted by molar-refractivity contribution is -0.114. The Morgan fingerprint density at radius 2 is 2.00 bits per heavy atom. The summed E-state index contributed by atoms with van der Waals surface area (Å²) in [6.07, 6.45) is 0. The van der Waals surface area contributed by atoms with Gasteiger partial charge in [-0.3, -0.25) is 4.79 Å². The van der Waals surface area contributed by atoms with Gasteiger partial charge in [0.2, 0.25) is 5.91 Å². The van der Waals surface area contributed by atoms with Gasteiger partial charge < -0.3 is 15.2 Å². The monoisotopic (exact) mass is 257 g/mol. The van der Waals surface area contributed by atoms with Gasteiger partial charge in [-0.25, -0.2) is 0 Å². The Balaban J connectivity index is 2.09. The van der Waals surface area contributed by atoms with Crippen molar-refractivity contribution >= 4 is 11.6 Å². The van der Waals surface area contributed by atoms with Crippen LogP contribution >= 0.6 is 0 Å². The first-order valence-electron chi connectivity index (χ1n) is 5.92. The Morgan fingerprint density at radius 3 is 2.74 bits per heavy atom. The number of phenolic OH excluding ortho intramolecular Hbond substituents is 1. The van der Waals surface area contributed by atoms with Gasteiger partial charge in [0, 0.05) is 6.92 Å². The van der Waals surface area contributed by atoms with Crippen molar-refractivity contribution in [3.8, 4) is 11.5 Å². The van der Waals surface area contributed by atoms with Gasteiger partial charge in [0.1, 0.15) is 18.1 Å². The fourth-order valence-electron chi connectivity index (χ4n) is 1.69. The fourth-order valence-corrected chi connectivity index (χ4v) is 1.69. The number of amides is 1. The predicted octanol–water partition coefficient (Wildman–Crippen LogP) is 2.93. The van der Waals surface area contributed by atoms with E-state index in [4.69, 9.17) is 4.74 Å². The molecular formula is C15H15NO3. The number of ether oxygens (including phenoxy) is 1. The van der Waals surface area contributed by atoms with E-state index in [9.17, 15) is 9.90 Å². The number of hydrogen-bond donors (Lipinski definition) is 2. The second-order valence-corrected chi connectivity index (χ2v) is 4.14. The summed E-state index contributed by atoms with van der Waals surface area (Å²) in [5.74, 6) is 0.658. The van der Waals surface area contributed by atoms with Gasteiger partial charge in [0.15, 0.2) is 0 Å². The Kier molecular flexibility index (Phi) is 4.03. The van der Waals surface area contributed by atoms with Crippen LogP contribution in [0.4, 0.5) is 5.69 Å². The summed E-state index contributed by atoms with van der Waals surface area (Å²) in [4.78, 5) is 11.1. The van der Waals surface area contributed by atoms with Gasteiger partial charge in [0.05, 0.1) is 5.69 Å². The average Bonchev–Trinajstić information content (AvgIpc) is 2.37. The van der Waals surface area contributed by atoms with Crippen LogP contribution in [0.15, 0.2) is 48.5 Å². The largest absolute Gasteiger partial charge is 0.508 e. The van der Waals surface area contributed by atoms with Gasteiger partial charge in [-0.2, -0.15) is 0 Å². The number of para-hydroxylation sites is 2. The number of carbonyl (C=O) groups excluding carboxylic acids is 1. The molecule has 0 aliphatic rings. The summed E-state index contributed by atoms with van der Waals surface area (Å²) in [5.41, 5.74) is 1.49. The highest BCUT2D eigenvalue weighted by Crippen LogP contribution is 2.25. The molecule has 2 rings (SSSR count). The second-order valence-electron chi connectivity index (χ2n) is 4.14. The van der Waals surface area contributed by atoms with Crippen molar-refractivity contribution in [3.05, 3.63) is 54.1 Å². The lowest BCUT2D eigenvalue weighted by Gasteiger charge is -2.11. The summed E-state index contributed by atoms with van der Waals surface area (Å²) >= 11 is 0. The number of nitrogens with one attached hydrogen (secondary N) is 1. The Bertz CT molecular complexity index is 581. The molecule has 0 aliphatic heterocycles. The predicted molar refractivity (Wildman–Crippen MR) is 73.2 cm³/mol. The molecule has 0 spiro atoms. The molecule has 2 aromatic carbocycles. The number of hydrogen-bond acceptors (Lipinski definition) is 3. The van der Waals surface area contributed by atoms with Crippen molar-refractivity contribution in [1.29, 1.82) is 0 Å². The molecule has 2 N–H and O–H groups in total. The fraction of sp³-hybridized carbons (Fsp3) is 0.133. The minimum absolute atomic E-state index is 0.145. The van der Waals surface area contributed by atoms with E-state index in [2.05, 4.69) is 5.32 Å². The van der Waals surface area contributed by atoms with Crippen LogP contribution in [0.25, 0.3) is 0 Å². The molecule has 0 radical (unpaired) electrons. The van der Waals surface area contributed by atoms with E-state index >= 15 is 0 Å². The minimum atomic E-state index is -0.145. The molecule has 0 aromatic heterocycles. The summed E-state index contributed by atoms with van der Waals surface area (Å²) in [5, 5.41) is 12.1. The zero-order valence-corrected chi connectivity index (χ0v) is 10.6. The van der Waals surface area contributed by atoms with Crippen LogP contribution in [0.1, 0.15) is 12.5 Å². The van der Waals surface area contributed by atoms with E-state index in [0.29, 0.717) is 18.0 Å². The third-order valence-electron chi connectivity index (χ3n) is 2.50. The first kappa shape index (κ1) is 13.0. The van der Waals surface area contributed by atoms with E-state index < -0.39 is 0 Å². The van der Waals surface area contributed by atoms with E-state index in [-0.39, 0.29) is 11.7 Å². The van der Waals surface area contributed by atoms with Gasteiger partial charge >= 0.3 is 0 Å². The minimum Gasteiger partial charge on any atom is -0.508 e. The van der Waals surface area contributed by atoms with Gasteiger partial charge in [-0.05, 0) is 29.8 Å². The van der Waals surface area contributed by atoms with Crippen molar-refractivity contribution in [2.75, 3.05) is 5.32 Å². The summed E-state index contributed by atoms with van der Waals surface area (Å²) in [6.45, 7) is 1.77. The summed E-state index contributed by atoms with van der Waals surface area (Å²) in [6, 6.07) is 14.1. The second kappa shape index (κ2) is 5.91. The van der Waals surface area contributed by atoms with Crippen LogP contribution in [0.5, 0.6) is 11.5 Å². The maximum absolute atomic E-state index is 11.1. The van der Waals surface area contributed by atoms with Crippen LogP contribution in [0, 0.1) is 0 Å². The third-order valence-corrected chi connectivity index (χ3v) is 2.50. The lowest BCUT2D eigenvalue weighted by Crippen LogP contribution is -2.07. The number of phenols is 1. The van der Waals surface area contributed by atoms with Gasteiger partial charge in [0.25, 0.3) is 0 Å². The number of aromatic hydroxyl groups is 1. The van der Waals surface area contributed by atoms with Crippen molar-refractivity contribution in [1.82, 2.24) is 0 Å². The molecule has 0 atom stereocenters. The van der Waals surface area contributed by atoms with Crippen LogP contribution < -0.4 is 10.1 Å². The smallest absolute Gasteiger partial charge is 0.221 e. The Labute approximate surface area is 111 Å². The zero-order chi connectivity index (χ0) is 13.7. The molecule has 0 unspecified atom stereocenters. The molecule has 0 saturated carbocycles. The van der Waals surface area contributed by atoms with Gasteiger partial charge in [-0.1, -0.05) is 24.3 Å². The first-order valence-corrected chi connectivity index (χ1v) is 5.92. The number of rotatable bonds is 4.